The molecule has 3 N–H and O–H groups in total. The van der Waals surface area contributed by atoms with Crippen molar-refractivity contribution in [2.75, 3.05) is 26.4 Å². The molecule has 2 rings (SSSR count). The largest absolute Gasteiger partial charge is 0.484 e. The maximum Gasteiger partial charge on any atom is 0.258 e. The summed E-state index contributed by atoms with van der Waals surface area (Å²) in [6.07, 6.45) is 1.77. The number of aliphatic hydroxyl groups is 1. The van der Waals surface area contributed by atoms with Crippen molar-refractivity contribution in [3.8, 4) is 11.5 Å². The van der Waals surface area contributed by atoms with Crippen molar-refractivity contribution in [1.82, 2.24) is 10.6 Å². The number of hydrogen-bond acceptors (Lipinski definition) is 5. The first-order valence-electron chi connectivity index (χ1n) is 10.2. The SMILES string of the molecule is C=CC(CC(CO)CNC(=O)COc1ccc(Cl)c(F)c1)NC(=O)COc1ccc(Cl)c(F)c1. The summed E-state index contributed by atoms with van der Waals surface area (Å²) in [6, 6.07) is 7.11. The van der Waals surface area contributed by atoms with Crippen LogP contribution in [0.15, 0.2) is 49.1 Å². The van der Waals surface area contributed by atoms with E-state index in [1.165, 1.54) is 30.3 Å². The van der Waals surface area contributed by atoms with Gasteiger partial charge in [0.25, 0.3) is 11.8 Å². The maximum absolute atomic E-state index is 13.4. The van der Waals surface area contributed by atoms with Crippen molar-refractivity contribution in [2.45, 2.75) is 12.5 Å². The molecule has 2 atom stereocenters. The number of nitrogens with one attached hydrogen (secondary N) is 2. The second-order valence-electron chi connectivity index (χ2n) is 7.23. The minimum Gasteiger partial charge on any atom is -0.484 e. The fourth-order valence-corrected chi connectivity index (χ4v) is 3.02. The second-order valence-corrected chi connectivity index (χ2v) is 8.04. The van der Waals surface area contributed by atoms with Gasteiger partial charge in [-0.05, 0) is 30.7 Å². The smallest absolute Gasteiger partial charge is 0.258 e. The van der Waals surface area contributed by atoms with Gasteiger partial charge in [0.1, 0.15) is 23.1 Å². The van der Waals surface area contributed by atoms with E-state index in [9.17, 15) is 23.5 Å². The number of carbonyl (C=O) groups is 2. The van der Waals surface area contributed by atoms with Crippen molar-refractivity contribution >= 4 is 35.0 Å². The van der Waals surface area contributed by atoms with Gasteiger partial charge in [-0.1, -0.05) is 29.3 Å². The third-order valence-electron chi connectivity index (χ3n) is 4.59. The van der Waals surface area contributed by atoms with Crippen LogP contribution in [0.5, 0.6) is 11.5 Å². The van der Waals surface area contributed by atoms with Gasteiger partial charge in [-0.15, -0.1) is 6.58 Å². The molecule has 34 heavy (non-hydrogen) atoms. The summed E-state index contributed by atoms with van der Waals surface area (Å²) in [5, 5.41) is 14.8. The average molecular weight is 517 g/mol. The van der Waals surface area contributed by atoms with Crippen LogP contribution in [0.25, 0.3) is 0 Å². The topological polar surface area (TPSA) is 96.9 Å². The predicted molar refractivity (Wildman–Crippen MR) is 124 cm³/mol. The van der Waals surface area contributed by atoms with Crippen LogP contribution < -0.4 is 20.1 Å². The lowest BCUT2D eigenvalue weighted by Gasteiger charge is -2.21. The number of rotatable bonds is 13. The molecule has 0 aliphatic heterocycles. The van der Waals surface area contributed by atoms with Crippen LogP contribution in [-0.2, 0) is 9.59 Å². The predicted octanol–water partition coefficient (Wildman–Crippen LogP) is 3.52. The maximum atomic E-state index is 13.4. The van der Waals surface area contributed by atoms with Gasteiger partial charge in [0.2, 0.25) is 0 Å². The highest BCUT2D eigenvalue weighted by molar-refractivity contribution is 6.31. The number of carbonyl (C=O) groups excluding carboxylic acids is 2. The van der Waals surface area contributed by atoms with Crippen LogP contribution in [0, 0.1) is 17.6 Å². The normalized spacial score (nSPS) is 12.4. The number of benzene rings is 2. The summed E-state index contributed by atoms with van der Waals surface area (Å²) >= 11 is 11.2. The Morgan fingerprint density at radius 3 is 2.00 bits per heavy atom. The Kier molecular flexibility index (Phi) is 11.1. The second kappa shape index (κ2) is 13.7. The van der Waals surface area contributed by atoms with E-state index in [0.717, 1.165) is 12.1 Å². The third-order valence-corrected chi connectivity index (χ3v) is 5.20. The van der Waals surface area contributed by atoms with Gasteiger partial charge >= 0.3 is 0 Å². The Balaban J connectivity index is 1.75. The van der Waals surface area contributed by atoms with Gasteiger partial charge in [-0.25, -0.2) is 8.78 Å². The zero-order chi connectivity index (χ0) is 25.1. The summed E-state index contributed by atoms with van der Waals surface area (Å²) in [5.41, 5.74) is 0. The first kappa shape index (κ1) is 27.4. The van der Waals surface area contributed by atoms with Crippen molar-refractivity contribution in [3.05, 3.63) is 70.7 Å². The zero-order valence-electron chi connectivity index (χ0n) is 18.0. The third kappa shape index (κ3) is 9.17. The highest BCUT2D eigenvalue weighted by Gasteiger charge is 2.17. The molecular formula is C23H24Cl2F2N2O5. The molecule has 7 nitrogen and oxygen atoms in total. The Labute approximate surface area is 205 Å². The first-order valence-corrected chi connectivity index (χ1v) is 10.9. The molecule has 0 saturated carbocycles. The van der Waals surface area contributed by atoms with Crippen LogP contribution in [0.2, 0.25) is 10.0 Å². The average Bonchev–Trinajstić information content (AvgIpc) is 2.82. The molecule has 0 aliphatic rings. The van der Waals surface area contributed by atoms with Crippen molar-refractivity contribution < 1.29 is 33.0 Å². The molecule has 0 aliphatic carbocycles. The van der Waals surface area contributed by atoms with E-state index in [4.69, 9.17) is 32.7 Å². The summed E-state index contributed by atoms with van der Waals surface area (Å²) in [7, 11) is 0. The van der Waals surface area contributed by atoms with E-state index >= 15 is 0 Å². The lowest BCUT2D eigenvalue weighted by Crippen LogP contribution is -2.41. The number of ether oxygens (including phenoxy) is 2. The monoisotopic (exact) mass is 516 g/mol. The van der Waals surface area contributed by atoms with Gasteiger partial charge in [-0.3, -0.25) is 9.59 Å². The van der Waals surface area contributed by atoms with Gasteiger partial charge < -0.3 is 25.2 Å². The van der Waals surface area contributed by atoms with Gasteiger partial charge in [0.15, 0.2) is 13.2 Å². The van der Waals surface area contributed by atoms with E-state index < -0.39 is 35.4 Å². The van der Waals surface area contributed by atoms with E-state index in [1.807, 2.05) is 0 Å². The number of amides is 2. The Morgan fingerprint density at radius 1 is 1.00 bits per heavy atom. The molecular weight excluding hydrogens is 493 g/mol. The molecule has 2 aromatic carbocycles. The van der Waals surface area contributed by atoms with Gasteiger partial charge in [-0.2, -0.15) is 0 Å². The van der Waals surface area contributed by atoms with E-state index in [-0.39, 0.29) is 54.3 Å². The number of aliphatic hydroxyl groups excluding tert-OH is 1. The molecule has 0 bridgehead atoms. The molecule has 0 radical (unpaired) electrons. The van der Waals surface area contributed by atoms with Crippen LogP contribution in [0.3, 0.4) is 0 Å². The standard InChI is InChI=1S/C23H24Cl2F2N2O5/c1-2-15(29-23(32)13-34-17-4-6-19(25)21(27)9-17)7-14(11-30)10-28-22(31)12-33-16-3-5-18(24)20(26)8-16/h2-6,8-9,14-15,30H,1,7,10-13H2,(H,28,31)(H,29,32). The lowest BCUT2D eigenvalue weighted by molar-refractivity contribution is -0.124. The Morgan fingerprint density at radius 2 is 1.53 bits per heavy atom. The highest BCUT2D eigenvalue weighted by Crippen LogP contribution is 2.21. The van der Waals surface area contributed by atoms with Crippen LogP contribution in [0.4, 0.5) is 8.78 Å². The zero-order valence-corrected chi connectivity index (χ0v) is 19.5. The minimum atomic E-state index is -0.665. The van der Waals surface area contributed by atoms with Crippen LogP contribution in [0.1, 0.15) is 6.42 Å². The van der Waals surface area contributed by atoms with Crippen LogP contribution in [-0.4, -0.2) is 49.3 Å². The van der Waals surface area contributed by atoms with Gasteiger partial charge in [0, 0.05) is 37.2 Å². The van der Waals surface area contributed by atoms with E-state index in [1.54, 1.807) is 0 Å². The minimum absolute atomic E-state index is 0.0584. The summed E-state index contributed by atoms with van der Waals surface area (Å²) in [6.45, 7) is 2.79. The molecule has 184 valence electrons. The first-order chi connectivity index (χ1) is 16.2. The molecule has 2 unspecified atom stereocenters. The molecule has 0 heterocycles. The quantitative estimate of drug-likeness (QED) is 0.354. The van der Waals surface area contributed by atoms with Crippen LogP contribution >= 0.6 is 23.2 Å². The molecule has 0 saturated heterocycles. The summed E-state index contributed by atoms with van der Waals surface area (Å²) < 4.78 is 37.3. The molecule has 0 aromatic heterocycles. The van der Waals surface area contributed by atoms with E-state index in [2.05, 4.69) is 17.2 Å². The number of hydrogen-bond donors (Lipinski definition) is 3. The summed E-state index contributed by atoms with van der Waals surface area (Å²) in [4.78, 5) is 24.2. The van der Waals surface area contributed by atoms with Crippen molar-refractivity contribution in [1.29, 1.82) is 0 Å². The van der Waals surface area contributed by atoms with Gasteiger partial charge in [0.05, 0.1) is 10.0 Å². The fraction of sp³-hybridized carbons (Fsp3) is 0.304. The molecule has 2 aromatic rings. The molecule has 2 amide bonds. The summed E-state index contributed by atoms with van der Waals surface area (Å²) in [5.74, 6) is -2.39. The van der Waals surface area contributed by atoms with Crippen molar-refractivity contribution in [3.63, 3.8) is 0 Å². The lowest BCUT2D eigenvalue weighted by atomic mass is 10.0. The molecule has 11 heteroatoms. The number of halogens is 4. The Hall–Kier alpha value is -2.88. The van der Waals surface area contributed by atoms with Crippen molar-refractivity contribution in [2.24, 2.45) is 5.92 Å². The Bertz CT molecular complexity index is 1010. The highest BCUT2D eigenvalue weighted by atomic mass is 35.5. The molecule has 0 spiro atoms. The molecule has 0 fully saturated rings. The fourth-order valence-electron chi connectivity index (χ4n) is 2.78. The van der Waals surface area contributed by atoms with E-state index in [0.29, 0.717) is 0 Å².